The molecule has 6 heteroatoms. The van der Waals surface area contributed by atoms with Crippen molar-refractivity contribution in [2.75, 3.05) is 0 Å². The number of alkyl halides is 3. The van der Waals surface area contributed by atoms with E-state index in [4.69, 9.17) is 5.11 Å². The number of aryl methyl sites for hydroxylation is 1. The summed E-state index contributed by atoms with van der Waals surface area (Å²) >= 11 is 0. The number of carboxylic acid groups (broad SMARTS) is 1. The second kappa shape index (κ2) is 4.35. The topological polar surface area (TPSA) is 50.2 Å². The van der Waals surface area contributed by atoms with Gasteiger partial charge in [0.05, 0.1) is 11.3 Å². The Balaban J connectivity index is 3.52. The summed E-state index contributed by atoms with van der Waals surface area (Å²) in [5.74, 6) is -1.64. The molecular weight excluding hydrogens is 235 g/mol. The van der Waals surface area contributed by atoms with Gasteiger partial charge < -0.3 is 5.11 Å². The molecule has 1 rings (SSSR count). The zero-order valence-electron chi connectivity index (χ0n) is 9.59. The summed E-state index contributed by atoms with van der Waals surface area (Å²) in [5, 5.41) is 8.97. The van der Waals surface area contributed by atoms with Gasteiger partial charge in [0.15, 0.2) is 0 Å². The Kier molecular flexibility index (Phi) is 3.45. The molecule has 0 bridgehead atoms. The van der Waals surface area contributed by atoms with E-state index in [1.54, 1.807) is 13.8 Å². The monoisotopic (exact) mass is 247 g/mol. The normalized spacial score (nSPS) is 11.9. The molecule has 0 aliphatic heterocycles. The van der Waals surface area contributed by atoms with Gasteiger partial charge in [-0.15, -0.1) is 0 Å². The SMILES string of the molecule is Cc1cc(C(F)(F)F)nc(C(C)C)c1C(=O)O. The summed E-state index contributed by atoms with van der Waals surface area (Å²) in [5.41, 5.74) is -1.16. The summed E-state index contributed by atoms with van der Waals surface area (Å²) in [7, 11) is 0. The van der Waals surface area contributed by atoms with Crippen molar-refractivity contribution < 1.29 is 23.1 Å². The smallest absolute Gasteiger partial charge is 0.433 e. The minimum absolute atomic E-state index is 0.0372. The van der Waals surface area contributed by atoms with Crippen LogP contribution in [0, 0.1) is 6.92 Å². The molecule has 3 nitrogen and oxygen atoms in total. The van der Waals surface area contributed by atoms with Gasteiger partial charge in [-0.1, -0.05) is 13.8 Å². The minimum Gasteiger partial charge on any atom is -0.478 e. The summed E-state index contributed by atoms with van der Waals surface area (Å²) in [4.78, 5) is 14.4. The molecule has 0 radical (unpaired) electrons. The number of carboxylic acids is 1. The first kappa shape index (κ1) is 13.5. The molecule has 0 saturated carbocycles. The number of rotatable bonds is 2. The lowest BCUT2D eigenvalue weighted by molar-refractivity contribution is -0.141. The molecule has 0 unspecified atom stereocenters. The van der Waals surface area contributed by atoms with E-state index < -0.39 is 17.8 Å². The molecule has 0 aromatic carbocycles. The van der Waals surface area contributed by atoms with E-state index in [0.717, 1.165) is 6.07 Å². The van der Waals surface area contributed by atoms with Crippen molar-refractivity contribution in [3.05, 3.63) is 28.6 Å². The number of hydrogen-bond acceptors (Lipinski definition) is 2. The molecule has 0 aliphatic rings. The van der Waals surface area contributed by atoms with Crippen LogP contribution in [-0.2, 0) is 6.18 Å². The molecule has 1 N–H and O–H groups in total. The average molecular weight is 247 g/mol. The Morgan fingerprint density at radius 3 is 2.29 bits per heavy atom. The minimum atomic E-state index is -4.56. The predicted molar refractivity (Wildman–Crippen MR) is 55.0 cm³/mol. The van der Waals surface area contributed by atoms with Crippen LogP contribution < -0.4 is 0 Å². The number of nitrogens with zero attached hydrogens (tertiary/aromatic N) is 1. The lowest BCUT2D eigenvalue weighted by atomic mass is 9.99. The molecule has 0 amide bonds. The molecule has 0 aliphatic carbocycles. The number of halogens is 3. The lowest BCUT2D eigenvalue weighted by Gasteiger charge is -2.15. The van der Waals surface area contributed by atoms with Crippen molar-refractivity contribution in [1.82, 2.24) is 4.98 Å². The van der Waals surface area contributed by atoms with E-state index in [2.05, 4.69) is 4.98 Å². The molecular formula is C11H12F3NO2. The highest BCUT2D eigenvalue weighted by atomic mass is 19.4. The van der Waals surface area contributed by atoms with Gasteiger partial charge in [-0.25, -0.2) is 9.78 Å². The third-order valence-corrected chi connectivity index (χ3v) is 2.30. The van der Waals surface area contributed by atoms with E-state index >= 15 is 0 Å². The maximum Gasteiger partial charge on any atom is 0.433 e. The average Bonchev–Trinajstić information content (AvgIpc) is 2.13. The van der Waals surface area contributed by atoms with E-state index in [-0.39, 0.29) is 22.7 Å². The number of aromatic nitrogens is 1. The number of pyridine rings is 1. The van der Waals surface area contributed by atoms with Gasteiger partial charge in [-0.3, -0.25) is 0 Å². The Morgan fingerprint density at radius 1 is 1.41 bits per heavy atom. The highest BCUT2D eigenvalue weighted by Gasteiger charge is 2.34. The van der Waals surface area contributed by atoms with Crippen LogP contribution in [0.4, 0.5) is 13.2 Å². The summed E-state index contributed by atoms with van der Waals surface area (Å²) in [6.45, 7) is 4.55. The van der Waals surface area contributed by atoms with Crippen molar-refractivity contribution >= 4 is 5.97 Å². The van der Waals surface area contributed by atoms with Crippen LogP contribution in [0.25, 0.3) is 0 Å². The van der Waals surface area contributed by atoms with Crippen LogP contribution >= 0.6 is 0 Å². The van der Waals surface area contributed by atoms with Gasteiger partial charge in [0.2, 0.25) is 0 Å². The van der Waals surface area contributed by atoms with Gasteiger partial charge in [0.25, 0.3) is 0 Å². The first-order valence-electron chi connectivity index (χ1n) is 4.96. The second-order valence-electron chi connectivity index (χ2n) is 4.04. The maximum absolute atomic E-state index is 12.5. The van der Waals surface area contributed by atoms with Gasteiger partial charge in [-0.05, 0) is 24.5 Å². The third kappa shape index (κ3) is 2.75. The zero-order chi connectivity index (χ0) is 13.4. The van der Waals surface area contributed by atoms with Crippen LogP contribution in [0.3, 0.4) is 0 Å². The fourth-order valence-corrected chi connectivity index (χ4v) is 1.54. The quantitative estimate of drug-likeness (QED) is 0.872. The van der Waals surface area contributed by atoms with Gasteiger partial charge in [0.1, 0.15) is 5.69 Å². The van der Waals surface area contributed by atoms with Crippen molar-refractivity contribution in [2.45, 2.75) is 32.9 Å². The number of hydrogen-bond donors (Lipinski definition) is 1. The fourth-order valence-electron chi connectivity index (χ4n) is 1.54. The summed E-state index contributed by atoms with van der Waals surface area (Å²) < 4.78 is 37.6. The van der Waals surface area contributed by atoms with Crippen molar-refractivity contribution in [1.29, 1.82) is 0 Å². The van der Waals surface area contributed by atoms with Crippen LogP contribution in [-0.4, -0.2) is 16.1 Å². The molecule has 0 spiro atoms. The van der Waals surface area contributed by atoms with Gasteiger partial charge in [0, 0.05) is 0 Å². The van der Waals surface area contributed by atoms with Crippen molar-refractivity contribution in [3.8, 4) is 0 Å². The molecule has 1 aromatic heterocycles. The highest BCUT2D eigenvalue weighted by molar-refractivity contribution is 5.90. The van der Waals surface area contributed by atoms with Crippen LogP contribution in [0.15, 0.2) is 6.07 Å². The van der Waals surface area contributed by atoms with Gasteiger partial charge in [-0.2, -0.15) is 13.2 Å². The maximum atomic E-state index is 12.5. The third-order valence-electron chi connectivity index (χ3n) is 2.30. The fraction of sp³-hybridized carbons (Fsp3) is 0.455. The highest BCUT2D eigenvalue weighted by Crippen LogP contribution is 2.31. The zero-order valence-corrected chi connectivity index (χ0v) is 9.59. The van der Waals surface area contributed by atoms with Crippen LogP contribution in [0.1, 0.15) is 47.1 Å². The van der Waals surface area contributed by atoms with Gasteiger partial charge >= 0.3 is 12.1 Å². The van der Waals surface area contributed by atoms with E-state index in [1.165, 1.54) is 6.92 Å². The van der Waals surface area contributed by atoms with Crippen LogP contribution in [0.5, 0.6) is 0 Å². The Hall–Kier alpha value is -1.59. The number of carbonyl (C=O) groups is 1. The Bertz CT molecular complexity index is 453. The largest absolute Gasteiger partial charge is 0.478 e. The molecule has 1 aromatic rings. The van der Waals surface area contributed by atoms with Crippen LogP contribution in [0.2, 0.25) is 0 Å². The molecule has 1 heterocycles. The molecule has 0 fully saturated rings. The second-order valence-corrected chi connectivity index (χ2v) is 4.04. The lowest BCUT2D eigenvalue weighted by Crippen LogP contribution is -2.16. The van der Waals surface area contributed by atoms with Crippen molar-refractivity contribution in [2.24, 2.45) is 0 Å². The molecule has 17 heavy (non-hydrogen) atoms. The summed E-state index contributed by atoms with van der Waals surface area (Å²) in [6.07, 6.45) is -4.56. The van der Waals surface area contributed by atoms with Crippen molar-refractivity contribution in [3.63, 3.8) is 0 Å². The Morgan fingerprint density at radius 2 is 1.94 bits per heavy atom. The predicted octanol–water partition coefficient (Wildman–Crippen LogP) is 3.23. The standard InChI is InChI=1S/C11H12F3NO2/c1-5(2)9-8(10(16)17)6(3)4-7(15-9)11(12,13)14/h4-5H,1-3H3,(H,16,17). The van der Waals surface area contributed by atoms with E-state index in [1.807, 2.05) is 0 Å². The number of aromatic carboxylic acids is 1. The summed E-state index contributed by atoms with van der Waals surface area (Å²) in [6, 6.07) is 0.759. The molecule has 0 saturated heterocycles. The first-order valence-corrected chi connectivity index (χ1v) is 4.96. The van der Waals surface area contributed by atoms with E-state index in [0.29, 0.717) is 0 Å². The Labute approximate surface area is 96.3 Å². The first-order chi connectivity index (χ1) is 7.64. The molecule has 0 atom stereocenters. The molecule has 94 valence electrons. The van der Waals surface area contributed by atoms with E-state index in [9.17, 15) is 18.0 Å².